The molecule has 0 bridgehead atoms. The van der Waals surface area contributed by atoms with Crippen molar-refractivity contribution in [1.82, 2.24) is 14.8 Å². The highest BCUT2D eigenvalue weighted by molar-refractivity contribution is 6.01. The van der Waals surface area contributed by atoms with Gasteiger partial charge in [-0.15, -0.1) is 6.58 Å². The first kappa shape index (κ1) is 22.3. The van der Waals surface area contributed by atoms with Gasteiger partial charge in [0, 0.05) is 24.0 Å². The van der Waals surface area contributed by atoms with Crippen molar-refractivity contribution < 1.29 is 4.79 Å². The van der Waals surface area contributed by atoms with E-state index in [0.717, 1.165) is 35.2 Å². The van der Waals surface area contributed by atoms with Crippen LogP contribution in [0.1, 0.15) is 65.8 Å². The highest BCUT2D eigenvalue weighted by Crippen LogP contribution is 2.30. The Morgan fingerprint density at radius 2 is 1.81 bits per heavy atom. The molecule has 4 heteroatoms. The van der Waals surface area contributed by atoms with Crippen molar-refractivity contribution in [3.05, 3.63) is 83.6 Å². The van der Waals surface area contributed by atoms with Gasteiger partial charge in [-0.1, -0.05) is 56.3 Å². The minimum atomic E-state index is -0.00762. The highest BCUT2D eigenvalue weighted by atomic mass is 16.2. The first-order valence-corrected chi connectivity index (χ1v) is 11.8. The number of allylic oxidation sites excluding steroid dienone is 1. The number of rotatable bonds is 8. The van der Waals surface area contributed by atoms with Crippen molar-refractivity contribution in [2.45, 2.75) is 52.1 Å². The second-order valence-corrected chi connectivity index (χ2v) is 9.18. The Morgan fingerprint density at radius 1 is 1.09 bits per heavy atom. The van der Waals surface area contributed by atoms with E-state index in [4.69, 9.17) is 0 Å². The lowest BCUT2D eigenvalue weighted by molar-refractivity contribution is 0.0929. The van der Waals surface area contributed by atoms with Crippen molar-refractivity contribution in [2.24, 2.45) is 0 Å². The molecular formula is C28H35N3O. The van der Waals surface area contributed by atoms with Crippen molar-refractivity contribution in [1.29, 1.82) is 0 Å². The van der Waals surface area contributed by atoms with Crippen molar-refractivity contribution in [2.75, 3.05) is 19.6 Å². The fraction of sp³-hybridized carbons (Fsp3) is 0.393. The lowest BCUT2D eigenvalue weighted by Gasteiger charge is -2.28. The smallest absolute Gasteiger partial charge is 0.268 e. The molecule has 3 aromatic rings. The van der Waals surface area contributed by atoms with Crippen molar-refractivity contribution >= 4 is 16.8 Å². The number of aryl methyl sites for hydroxylation is 1. The quantitative estimate of drug-likeness (QED) is 0.458. The fourth-order valence-corrected chi connectivity index (χ4v) is 4.97. The van der Waals surface area contributed by atoms with Gasteiger partial charge in [0.25, 0.3) is 5.91 Å². The lowest BCUT2D eigenvalue weighted by Crippen LogP contribution is -2.37. The summed E-state index contributed by atoms with van der Waals surface area (Å²) < 4.78 is 2.10. The molecule has 1 amide bonds. The Labute approximate surface area is 191 Å². The maximum Gasteiger partial charge on any atom is 0.268 e. The molecule has 1 saturated heterocycles. The number of likely N-dealkylation sites (tertiary alicyclic amines) is 1. The van der Waals surface area contributed by atoms with E-state index in [0.29, 0.717) is 19.0 Å². The molecule has 0 aliphatic carbocycles. The Bertz CT molecular complexity index is 1090. The molecule has 1 N–H and O–H groups in total. The van der Waals surface area contributed by atoms with E-state index in [1.54, 1.807) is 0 Å². The predicted octanol–water partition coefficient (Wildman–Crippen LogP) is 5.83. The maximum absolute atomic E-state index is 13.5. The molecule has 4 nitrogen and oxygen atoms in total. The normalized spacial score (nSPS) is 15.4. The van der Waals surface area contributed by atoms with Gasteiger partial charge in [-0.05, 0) is 67.6 Å². The van der Waals surface area contributed by atoms with Crippen LogP contribution in [-0.4, -0.2) is 35.0 Å². The SMILES string of the molecule is C=CCn1c(C(=O)NCC(c2ccccc2)N2CCCC2)c(C)c2cc(C(C)C)ccc21. The molecular weight excluding hydrogens is 394 g/mol. The first-order chi connectivity index (χ1) is 15.5. The van der Waals surface area contributed by atoms with E-state index >= 15 is 0 Å². The third-order valence-corrected chi connectivity index (χ3v) is 6.76. The maximum atomic E-state index is 13.5. The zero-order chi connectivity index (χ0) is 22.7. The lowest BCUT2D eigenvalue weighted by atomic mass is 10.0. The molecule has 4 rings (SSSR count). The van der Waals surface area contributed by atoms with Crippen LogP contribution < -0.4 is 5.32 Å². The average molecular weight is 430 g/mol. The van der Waals surface area contributed by atoms with Gasteiger partial charge in [-0.3, -0.25) is 9.69 Å². The minimum Gasteiger partial charge on any atom is -0.349 e. The summed E-state index contributed by atoms with van der Waals surface area (Å²) in [5, 5.41) is 4.43. The summed E-state index contributed by atoms with van der Waals surface area (Å²) in [7, 11) is 0. The Balaban J connectivity index is 1.64. The van der Waals surface area contributed by atoms with Gasteiger partial charge in [0.1, 0.15) is 5.69 Å². The summed E-state index contributed by atoms with van der Waals surface area (Å²) in [6.07, 6.45) is 4.31. The van der Waals surface area contributed by atoms with E-state index in [1.165, 1.54) is 24.0 Å². The minimum absolute atomic E-state index is 0.00762. The van der Waals surface area contributed by atoms with Gasteiger partial charge in [-0.2, -0.15) is 0 Å². The number of hydrogen-bond donors (Lipinski definition) is 1. The zero-order valence-corrected chi connectivity index (χ0v) is 19.6. The number of fused-ring (bicyclic) bond motifs is 1. The molecule has 32 heavy (non-hydrogen) atoms. The number of aromatic nitrogens is 1. The van der Waals surface area contributed by atoms with E-state index in [-0.39, 0.29) is 11.9 Å². The van der Waals surface area contributed by atoms with Crippen LogP contribution in [0.4, 0.5) is 0 Å². The van der Waals surface area contributed by atoms with E-state index in [9.17, 15) is 4.79 Å². The number of carbonyl (C=O) groups excluding carboxylic acids is 1. The molecule has 0 radical (unpaired) electrons. The van der Waals surface area contributed by atoms with Crippen LogP contribution in [0.25, 0.3) is 10.9 Å². The number of amides is 1. The number of hydrogen-bond acceptors (Lipinski definition) is 2. The van der Waals surface area contributed by atoms with Gasteiger partial charge < -0.3 is 9.88 Å². The van der Waals surface area contributed by atoms with Crippen LogP contribution in [0.3, 0.4) is 0 Å². The summed E-state index contributed by atoms with van der Waals surface area (Å²) in [5.74, 6) is 0.442. The molecule has 0 spiro atoms. The predicted molar refractivity (Wildman–Crippen MR) is 133 cm³/mol. The van der Waals surface area contributed by atoms with Gasteiger partial charge in [0.05, 0.1) is 6.04 Å². The third-order valence-electron chi connectivity index (χ3n) is 6.76. The molecule has 1 atom stereocenters. The van der Waals surface area contributed by atoms with E-state index in [1.807, 2.05) is 12.1 Å². The van der Waals surface area contributed by atoms with Gasteiger partial charge in [0.2, 0.25) is 0 Å². The number of nitrogens with one attached hydrogen (secondary N) is 1. The molecule has 1 unspecified atom stereocenters. The van der Waals surface area contributed by atoms with Crippen LogP contribution >= 0.6 is 0 Å². The zero-order valence-electron chi connectivity index (χ0n) is 19.6. The van der Waals surface area contributed by atoms with Crippen molar-refractivity contribution in [3.8, 4) is 0 Å². The van der Waals surface area contributed by atoms with Gasteiger partial charge >= 0.3 is 0 Å². The fourth-order valence-electron chi connectivity index (χ4n) is 4.97. The van der Waals surface area contributed by atoms with Crippen LogP contribution in [0.15, 0.2) is 61.2 Å². The summed E-state index contributed by atoms with van der Waals surface area (Å²) in [6, 6.07) is 17.3. The molecule has 1 aliphatic heterocycles. The standard InChI is InChI=1S/C28H35N3O/c1-5-15-31-25-14-13-23(20(2)3)18-24(25)21(4)27(31)28(32)29-19-26(30-16-9-10-17-30)22-11-7-6-8-12-22/h5-8,11-14,18,20,26H,1,9-10,15-17,19H2,2-4H3,(H,29,32). The summed E-state index contributed by atoms with van der Waals surface area (Å²) in [4.78, 5) is 16.0. The first-order valence-electron chi connectivity index (χ1n) is 11.8. The molecule has 1 aromatic heterocycles. The third kappa shape index (κ3) is 4.37. The van der Waals surface area contributed by atoms with Crippen molar-refractivity contribution in [3.63, 3.8) is 0 Å². The monoisotopic (exact) mass is 429 g/mol. The molecule has 168 valence electrons. The van der Waals surface area contributed by atoms with Crippen LogP contribution in [0.2, 0.25) is 0 Å². The van der Waals surface area contributed by atoms with E-state index in [2.05, 4.69) is 84.6 Å². The number of nitrogens with zero attached hydrogens (tertiary/aromatic N) is 2. The van der Waals surface area contributed by atoms with Gasteiger partial charge in [0.15, 0.2) is 0 Å². The second-order valence-electron chi connectivity index (χ2n) is 9.18. The second kappa shape index (κ2) is 9.74. The summed E-state index contributed by atoms with van der Waals surface area (Å²) in [6.45, 7) is 13.8. The Kier molecular flexibility index (Phi) is 6.80. The molecule has 1 aliphatic rings. The van der Waals surface area contributed by atoms with Gasteiger partial charge in [-0.25, -0.2) is 0 Å². The van der Waals surface area contributed by atoms with Crippen LogP contribution in [-0.2, 0) is 6.54 Å². The number of carbonyl (C=O) groups is 1. The van der Waals surface area contributed by atoms with Crippen LogP contribution in [0, 0.1) is 6.92 Å². The molecule has 2 aromatic carbocycles. The molecule has 2 heterocycles. The Hall–Kier alpha value is -2.85. The number of benzene rings is 2. The van der Waals surface area contributed by atoms with Crippen LogP contribution in [0.5, 0.6) is 0 Å². The average Bonchev–Trinajstić information content (AvgIpc) is 3.42. The topological polar surface area (TPSA) is 37.3 Å². The molecule has 1 fully saturated rings. The van der Waals surface area contributed by atoms with E-state index < -0.39 is 0 Å². The summed E-state index contributed by atoms with van der Waals surface area (Å²) >= 11 is 0. The highest BCUT2D eigenvalue weighted by Gasteiger charge is 2.26. The Morgan fingerprint density at radius 3 is 2.47 bits per heavy atom. The molecule has 0 saturated carbocycles. The largest absolute Gasteiger partial charge is 0.349 e. The summed E-state index contributed by atoms with van der Waals surface area (Å²) in [5.41, 5.74) is 5.44.